The largest absolute Gasteiger partial charge is 0.361 e. The fourth-order valence-electron chi connectivity index (χ4n) is 0.478. The molecule has 0 bridgehead atoms. The normalized spacial score (nSPS) is 14.4. The van der Waals surface area contributed by atoms with Crippen LogP contribution in [0.2, 0.25) is 0 Å². The third-order valence-electron chi connectivity index (χ3n) is 0.887. The van der Waals surface area contributed by atoms with Crippen LogP contribution in [0.4, 0.5) is 0 Å². The van der Waals surface area contributed by atoms with E-state index in [2.05, 4.69) is 9.78 Å². The van der Waals surface area contributed by atoms with Crippen LogP contribution < -0.4 is 0 Å². The summed E-state index contributed by atoms with van der Waals surface area (Å²) in [5, 5.41) is 0. The molecule has 0 fully saturated rings. The number of hydrogen-bond acceptors (Lipinski definition) is 1. The average Bonchev–Trinajstić information content (AvgIpc) is 1.90. The summed E-state index contributed by atoms with van der Waals surface area (Å²) in [6.07, 6.45) is 5.58. The van der Waals surface area contributed by atoms with E-state index in [1.807, 2.05) is 0 Å². The summed E-state index contributed by atoms with van der Waals surface area (Å²) in [5.74, 6) is 0. The fourth-order valence-corrected chi connectivity index (χ4v) is 0.478. The molecule has 0 aromatic heterocycles. The van der Waals surface area contributed by atoms with E-state index in [0.29, 0.717) is 12.1 Å². The quantitative estimate of drug-likeness (QED) is 0.360. The predicted molar refractivity (Wildman–Crippen MR) is 38.1 cm³/mol. The molecule has 1 aliphatic heterocycles. The van der Waals surface area contributed by atoms with Crippen LogP contribution in [0, 0.1) is 0 Å². The van der Waals surface area contributed by atoms with Crippen molar-refractivity contribution < 1.29 is 4.79 Å². The van der Waals surface area contributed by atoms with Crippen LogP contribution in [0.5, 0.6) is 0 Å². The molecule has 0 aromatic rings. The molecule has 0 aromatic carbocycles. The average molecular weight is 144 g/mol. The molecular formula is C5H6ClN3. The van der Waals surface area contributed by atoms with Crippen molar-refractivity contribution >= 4 is 24.3 Å². The zero-order chi connectivity index (χ0) is 5.82. The molecule has 0 saturated heterocycles. The first-order chi connectivity index (χ1) is 3.93. The lowest BCUT2D eigenvalue weighted by atomic mass is 10.2. The molecule has 0 N–H and O–H groups in total. The van der Waals surface area contributed by atoms with Crippen molar-refractivity contribution in [1.82, 2.24) is 0 Å². The molecule has 0 radical (unpaired) electrons. The molecule has 9 heavy (non-hydrogen) atoms. The summed E-state index contributed by atoms with van der Waals surface area (Å²) >= 11 is 0. The molecule has 0 amide bonds. The van der Waals surface area contributed by atoms with Gasteiger partial charge in [0.15, 0.2) is 0 Å². The zero-order valence-electron chi connectivity index (χ0n) is 4.69. The maximum absolute atomic E-state index is 8.17. The first-order valence-electron chi connectivity index (χ1n) is 2.32. The standard InChI is InChI=1S/C5H5N3.ClH/c6-8-5-1-3-7-4-2-5;/h1,3-4H,2H2;1H. The predicted octanol–water partition coefficient (Wildman–Crippen LogP) is 1.07. The molecule has 0 saturated carbocycles. The molecule has 1 heterocycles. The maximum atomic E-state index is 8.17. The Morgan fingerprint density at radius 1 is 1.67 bits per heavy atom. The second-order valence-corrected chi connectivity index (χ2v) is 1.44. The van der Waals surface area contributed by atoms with Crippen molar-refractivity contribution in [3.63, 3.8) is 0 Å². The Morgan fingerprint density at radius 2 is 2.44 bits per heavy atom. The Kier molecular flexibility index (Phi) is 3.60. The molecule has 0 atom stereocenters. The van der Waals surface area contributed by atoms with Crippen LogP contribution in [-0.4, -0.2) is 16.7 Å². The van der Waals surface area contributed by atoms with E-state index in [-0.39, 0.29) is 12.4 Å². The second kappa shape index (κ2) is 4.01. The second-order valence-electron chi connectivity index (χ2n) is 1.44. The van der Waals surface area contributed by atoms with Crippen LogP contribution in [0.15, 0.2) is 17.3 Å². The molecule has 48 valence electrons. The fraction of sp³-hybridized carbons (Fsp3) is 0.200. The summed E-state index contributed by atoms with van der Waals surface area (Å²) in [6, 6.07) is 0. The summed E-state index contributed by atoms with van der Waals surface area (Å²) in [6.45, 7) is 0. The van der Waals surface area contributed by atoms with Crippen molar-refractivity contribution in [3.05, 3.63) is 17.8 Å². The Labute approximate surface area is 59.1 Å². The number of nitrogens with zero attached hydrogens (tertiary/aromatic N) is 3. The Morgan fingerprint density at radius 3 is 2.78 bits per heavy atom. The Balaban J connectivity index is 0.000000640. The van der Waals surface area contributed by atoms with Crippen molar-refractivity contribution in [2.24, 2.45) is 4.99 Å². The van der Waals surface area contributed by atoms with Gasteiger partial charge in [-0.3, -0.25) is 4.99 Å². The maximum Gasteiger partial charge on any atom is 0.298 e. The van der Waals surface area contributed by atoms with E-state index < -0.39 is 0 Å². The Bertz CT molecular complexity index is 188. The number of aliphatic imine (C=N–C) groups is 1. The minimum Gasteiger partial charge on any atom is -0.361 e. The number of hydrogen-bond donors (Lipinski definition) is 0. The van der Waals surface area contributed by atoms with Gasteiger partial charge < -0.3 is 5.53 Å². The SMILES string of the molecule is Cl.[N-]=[N+]=C1C=CN=CC1. The number of allylic oxidation sites excluding steroid dienone is 1. The molecule has 1 aliphatic rings. The van der Waals surface area contributed by atoms with E-state index in [1.54, 1.807) is 18.5 Å². The van der Waals surface area contributed by atoms with Crippen molar-refractivity contribution in [2.75, 3.05) is 0 Å². The highest BCUT2D eigenvalue weighted by Gasteiger charge is 2.01. The molecular weight excluding hydrogens is 138 g/mol. The minimum absolute atomic E-state index is 0. The van der Waals surface area contributed by atoms with Crippen LogP contribution >= 0.6 is 12.4 Å². The van der Waals surface area contributed by atoms with Gasteiger partial charge >= 0.3 is 0 Å². The summed E-state index contributed by atoms with van der Waals surface area (Å²) in [7, 11) is 0. The lowest BCUT2D eigenvalue weighted by Crippen LogP contribution is -1.97. The van der Waals surface area contributed by atoms with E-state index in [1.165, 1.54) is 0 Å². The first-order valence-corrected chi connectivity index (χ1v) is 2.32. The van der Waals surface area contributed by atoms with Crippen LogP contribution in [0.3, 0.4) is 0 Å². The third-order valence-corrected chi connectivity index (χ3v) is 0.887. The minimum atomic E-state index is 0. The molecule has 0 unspecified atom stereocenters. The summed E-state index contributed by atoms with van der Waals surface area (Å²) in [5.41, 5.74) is 8.82. The highest BCUT2D eigenvalue weighted by molar-refractivity contribution is 6.01. The van der Waals surface area contributed by atoms with Gasteiger partial charge in [0.05, 0.1) is 6.42 Å². The number of rotatable bonds is 0. The van der Waals surface area contributed by atoms with Gasteiger partial charge in [0.2, 0.25) is 0 Å². The van der Waals surface area contributed by atoms with Gasteiger partial charge in [0.25, 0.3) is 5.71 Å². The lowest BCUT2D eigenvalue weighted by molar-refractivity contribution is -0.00494. The van der Waals surface area contributed by atoms with E-state index >= 15 is 0 Å². The van der Waals surface area contributed by atoms with Crippen LogP contribution in [0.25, 0.3) is 5.53 Å². The van der Waals surface area contributed by atoms with Crippen LogP contribution in [-0.2, 0) is 0 Å². The highest BCUT2D eigenvalue weighted by Crippen LogP contribution is 1.89. The molecule has 0 aliphatic carbocycles. The summed E-state index contributed by atoms with van der Waals surface area (Å²) in [4.78, 5) is 6.76. The first kappa shape index (κ1) is 8.08. The molecule has 1 rings (SSSR count). The van der Waals surface area contributed by atoms with E-state index in [4.69, 9.17) is 5.53 Å². The van der Waals surface area contributed by atoms with Gasteiger partial charge in [-0.05, 0) is 0 Å². The monoisotopic (exact) mass is 143 g/mol. The molecule has 3 nitrogen and oxygen atoms in total. The van der Waals surface area contributed by atoms with Crippen LogP contribution in [0.1, 0.15) is 6.42 Å². The number of halogens is 1. The van der Waals surface area contributed by atoms with Crippen molar-refractivity contribution in [2.45, 2.75) is 6.42 Å². The molecule has 4 heteroatoms. The molecule has 0 spiro atoms. The lowest BCUT2D eigenvalue weighted by Gasteiger charge is -1.84. The van der Waals surface area contributed by atoms with Crippen molar-refractivity contribution in [3.8, 4) is 0 Å². The smallest absolute Gasteiger partial charge is 0.298 e. The van der Waals surface area contributed by atoms with Gasteiger partial charge in [0.1, 0.15) is 0 Å². The van der Waals surface area contributed by atoms with E-state index in [9.17, 15) is 0 Å². The Hall–Kier alpha value is -0.920. The highest BCUT2D eigenvalue weighted by atomic mass is 35.5. The van der Waals surface area contributed by atoms with Gasteiger partial charge in [-0.15, -0.1) is 12.4 Å². The van der Waals surface area contributed by atoms with Crippen molar-refractivity contribution in [1.29, 1.82) is 0 Å². The van der Waals surface area contributed by atoms with E-state index in [0.717, 1.165) is 0 Å². The van der Waals surface area contributed by atoms with Gasteiger partial charge in [-0.1, -0.05) is 0 Å². The van der Waals surface area contributed by atoms with Gasteiger partial charge in [0, 0.05) is 18.5 Å². The van der Waals surface area contributed by atoms with Gasteiger partial charge in [-0.25, -0.2) is 0 Å². The summed E-state index contributed by atoms with van der Waals surface area (Å²) < 4.78 is 0. The van der Waals surface area contributed by atoms with Gasteiger partial charge in [-0.2, -0.15) is 4.79 Å². The zero-order valence-corrected chi connectivity index (χ0v) is 5.51. The third kappa shape index (κ3) is 2.22. The topological polar surface area (TPSA) is 48.8 Å².